The Labute approximate surface area is 271 Å². The van der Waals surface area contributed by atoms with Crippen LogP contribution in [0.4, 0.5) is 0 Å². The highest BCUT2D eigenvalue weighted by Gasteiger charge is 2.39. The second kappa shape index (κ2) is 11.5. The number of rotatable bonds is 6. The summed E-state index contributed by atoms with van der Waals surface area (Å²) in [6.07, 6.45) is 6.93. The molecular weight excluding hydrogens is 580 g/mol. The molecule has 224 valence electrons. The molecule has 1 aromatic heterocycles. The molecule has 1 aliphatic carbocycles. The largest absolute Gasteiger partial charge is 0.428 e. The molecular formula is C42H28N2O3. The second-order valence-corrected chi connectivity index (χ2v) is 11.4. The first-order valence-corrected chi connectivity index (χ1v) is 15.5. The minimum absolute atomic E-state index is 0.152. The molecule has 5 heteroatoms. The number of carbonyl (C=O) groups excluding carboxylic acids is 2. The number of benzene rings is 5. The van der Waals surface area contributed by atoms with E-state index in [4.69, 9.17) is 9.72 Å². The van der Waals surface area contributed by atoms with Gasteiger partial charge in [0.2, 0.25) is 0 Å². The van der Waals surface area contributed by atoms with Gasteiger partial charge in [-0.15, -0.1) is 0 Å². The minimum atomic E-state index is -0.532. The minimum Gasteiger partial charge on any atom is -0.428 e. The standard InChI is InChI=1S/C42H28N2O3/c1-2-34(45)47-31-23-25-32-33(26-24-31)44-41(43-32)39-37(29-19-11-5-12-20-29)35(27-15-7-3-8-16-27)36(28-17-9-4-10-18-28)38(40(39)42(44)46)30-21-13-6-14-22-30/h2-22,24-26H,1,23H2. The van der Waals surface area contributed by atoms with E-state index in [1.54, 1.807) is 10.6 Å². The topological polar surface area (TPSA) is 61.2 Å². The summed E-state index contributed by atoms with van der Waals surface area (Å²) in [6, 6.07) is 41.1. The normalized spacial score (nSPS) is 12.9. The van der Waals surface area contributed by atoms with Crippen LogP contribution in [0.5, 0.6) is 0 Å². The number of hydrogen-bond donors (Lipinski definition) is 0. The van der Waals surface area contributed by atoms with Crippen molar-refractivity contribution < 1.29 is 14.3 Å². The van der Waals surface area contributed by atoms with Crippen LogP contribution in [0, 0.1) is 0 Å². The molecule has 0 unspecified atom stereocenters. The smallest absolute Gasteiger partial charge is 0.335 e. The number of imidazole rings is 1. The number of ether oxygens (including phenoxy) is 1. The van der Waals surface area contributed by atoms with E-state index >= 15 is 4.79 Å². The van der Waals surface area contributed by atoms with Gasteiger partial charge in [0, 0.05) is 29.2 Å². The van der Waals surface area contributed by atoms with Crippen molar-refractivity contribution in [2.75, 3.05) is 0 Å². The van der Waals surface area contributed by atoms with Crippen molar-refractivity contribution in [3.05, 3.63) is 162 Å². The van der Waals surface area contributed by atoms with Crippen LogP contribution in [-0.4, -0.2) is 21.4 Å². The highest BCUT2D eigenvalue weighted by molar-refractivity contribution is 6.22. The molecule has 47 heavy (non-hydrogen) atoms. The van der Waals surface area contributed by atoms with Crippen molar-refractivity contribution in [3.8, 4) is 55.9 Å². The van der Waals surface area contributed by atoms with Gasteiger partial charge in [0.1, 0.15) is 11.6 Å². The van der Waals surface area contributed by atoms with Crippen LogP contribution in [0.15, 0.2) is 146 Å². The first-order chi connectivity index (χ1) is 23.1. The monoisotopic (exact) mass is 608 g/mol. The second-order valence-electron chi connectivity index (χ2n) is 11.4. The Morgan fingerprint density at radius 1 is 0.638 bits per heavy atom. The summed E-state index contributed by atoms with van der Waals surface area (Å²) in [5, 5.41) is 1.31. The van der Waals surface area contributed by atoms with E-state index in [1.165, 1.54) is 0 Å². The summed E-state index contributed by atoms with van der Waals surface area (Å²) < 4.78 is 7.15. The Morgan fingerprint density at radius 3 is 1.55 bits per heavy atom. The van der Waals surface area contributed by atoms with Crippen molar-refractivity contribution in [1.82, 2.24) is 9.55 Å². The van der Waals surface area contributed by atoms with Gasteiger partial charge in [-0.3, -0.25) is 9.36 Å². The van der Waals surface area contributed by atoms with E-state index < -0.39 is 5.97 Å². The lowest BCUT2D eigenvalue weighted by atomic mass is 9.77. The Kier molecular flexibility index (Phi) is 6.92. The maximum atomic E-state index is 15.0. The number of hydrogen-bond acceptors (Lipinski definition) is 4. The number of esters is 1. The van der Waals surface area contributed by atoms with Gasteiger partial charge < -0.3 is 4.74 Å². The van der Waals surface area contributed by atoms with E-state index in [0.717, 1.165) is 56.1 Å². The number of carbonyl (C=O) groups is 2. The molecule has 1 aliphatic heterocycles. The van der Waals surface area contributed by atoms with E-state index in [9.17, 15) is 4.79 Å². The molecule has 5 aromatic carbocycles. The van der Waals surface area contributed by atoms with Crippen molar-refractivity contribution in [2.24, 2.45) is 0 Å². The zero-order valence-electron chi connectivity index (χ0n) is 25.4. The Morgan fingerprint density at radius 2 is 1.09 bits per heavy atom. The van der Waals surface area contributed by atoms with E-state index in [0.29, 0.717) is 34.3 Å². The molecule has 0 N–H and O–H groups in total. The van der Waals surface area contributed by atoms with Crippen molar-refractivity contribution in [1.29, 1.82) is 0 Å². The molecule has 0 saturated heterocycles. The fourth-order valence-corrected chi connectivity index (χ4v) is 6.69. The summed E-state index contributed by atoms with van der Waals surface area (Å²) >= 11 is 0. The highest BCUT2D eigenvalue weighted by atomic mass is 16.5. The summed E-state index contributed by atoms with van der Waals surface area (Å²) in [4.78, 5) is 32.1. The lowest BCUT2D eigenvalue weighted by Gasteiger charge is -2.24. The van der Waals surface area contributed by atoms with Crippen LogP contribution in [0.2, 0.25) is 0 Å². The maximum absolute atomic E-state index is 15.0. The molecule has 0 spiro atoms. The summed E-state index contributed by atoms with van der Waals surface area (Å²) in [5.74, 6) is 0.366. The van der Waals surface area contributed by atoms with Crippen molar-refractivity contribution in [2.45, 2.75) is 6.42 Å². The molecule has 2 aliphatic rings. The fourth-order valence-electron chi connectivity index (χ4n) is 6.69. The first kappa shape index (κ1) is 28.2. The lowest BCUT2D eigenvalue weighted by molar-refractivity contribution is -0.133. The van der Waals surface area contributed by atoms with E-state index in [-0.39, 0.29) is 5.91 Å². The van der Waals surface area contributed by atoms with E-state index in [2.05, 4.69) is 67.2 Å². The summed E-state index contributed by atoms with van der Waals surface area (Å²) in [6.45, 7) is 3.50. The molecule has 0 bridgehead atoms. The van der Waals surface area contributed by atoms with Crippen LogP contribution >= 0.6 is 0 Å². The van der Waals surface area contributed by atoms with Gasteiger partial charge in [0.15, 0.2) is 0 Å². The van der Waals surface area contributed by atoms with Crippen LogP contribution in [0.3, 0.4) is 0 Å². The molecule has 2 heterocycles. The molecule has 0 fully saturated rings. The summed E-state index contributed by atoms with van der Waals surface area (Å²) in [5.41, 5.74) is 9.23. The van der Waals surface area contributed by atoms with Gasteiger partial charge in [-0.05, 0) is 51.6 Å². The van der Waals surface area contributed by atoms with Gasteiger partial charge in [-0.1, -0.05) is 128 Å². The number of nitrogens with zero attached hydrogens (tertiary/aromatic N) is 2. The van der Waals surface area contributed by atoms with Crippen LogP contribution in [-0.2, 0) is 9.53 Å². The average Bonchev–Trinajstić information content (AvgIpc) is 3.55. The van der Waals surface area contributed by atoms with Gasteiger partial charge in [-0.25, -0.2) is 9.78 Å². The highest BCUT2D eigenvalue weighted by Crippen LogP contribution is 2.54. The Balaban J connectivity index is 1.56. The number of allylic oxidation sites excluding steroid dienone is 2. The Hall–Kier alpha value is -6.33. The zero-order valence-corrected chi connectivity index (χ0v) is 25.4. The third kappa shape index (κ3) is 4.68. The van der Waals surface area contributed by atoms with Crippen molar-refractivity contribution in [3.63, 3.8) is 0 Å². The molecule has 0 saturated carbocycles. The van der Waals surface area contributed by atoms with Crippen LogP contribution in [0.25, 0.3) is 68.0 Å². The van der Waals surface area contributed by atoms with Gasteiger partial charge in [0.25, 0.3) is 5.91 Å². The van der Waals surface area contributed by atoms with Crippen LogP contribution in [0.1, 0.15) is 16.8 Å². The predicted octanol–water partition coefficient (Wildman–Crippen LogP) is 7.80. The van der Waals surface area contributed by atoms with Crippen molar-refractivity contribution >= 4 is 24.0 Å². The molecule has 8 rings (SSSR count). The quantitative estimate of drug-likeness (QED) is 0.143. The van der Waals surface area contributed by atoms with Gasteiger partial charge >= 0.3 is 5.97 Å². The number of fused-ring (bicyclic) bond motifs is 5. The molecule has 6 aromatic rings. The molecule has 0 amide bonds. The third-order valence-electron chi connectivity index (χ3n) is 8.65. The zero-order chi connectivity index (χ0) is 31.9. The SMILES string of the molecule is C=CC(=O)OC1=CC=c2c(nc3n2C(=O)c2c(-c4ccccc4)c(-c4ccccc4)c(-c4ccccc4)c(-c4ccccc4)c2-3)=CC1. The molecule has 5 nitrogen and oxygen atoms in total. The fraction of sp³-hybridized carbons (Fsp3) is 0.0238. The first-order valence-electron chi connectivity index (χ1n) is 15.5. The maximum Gasteiger partial charge on any atom is 0.335 e. The lowest BCUT2D eigenvalue weighted by Crippen LogP contribution is -2.32. The average molecular weight is 609 g/mol. The number of aromatic nitrogens is 2. The Bertz CT molecular complexity index is 2370. The van der Waals surface area contributed by atoms with E-state index in [1.807, 2.05) is 72.8 Å². The van der Waals surface area contributed by atoms with Crippen LogP contribution < -0.4 is 10.7 Å². The van der Waals surface area contributed by atoms with Gasteiger partial charge in [0.05, 0.1) is 16.3 Å². The summed E-state index contributed by atoms with van der Waals surface area (Å²) in [7, 11) is 0. The van der Waals surface area contributed by atoms with Gasteiger partial charge in [-0.2, -0.15) is 0 Å². The predicted molar refractivity (Wildman–Crippen MR) is 186 cm³/mol. The molecule has 0 atom stereocenters. The third-order valence-corrected chi connectivity index (χ3v) is 8.65. The molecule has 0 radical (unpaired) electrons.